The number of nitrogens with zero attached hydrogens (tertiary/aromatic N) is 2. The number of hydrogen-bond acceptors (Lipinski definition) is 3. The van der Waals surface area contributed by atoms with Crippen molar-refractivity contribution in [1.82, 2.24) is 15.1 Å². The SMILES string of the molecule is CN1CCN(C(=O)NCCCOc2ccc(C(C)(C)C)cc2)CC1. The van der Waals surface area contributed by atoms with Crippen molar-refractivity contribution in [3.8, 4) is 5.75 Å². The molecule has 5 nitrogen and oxygen atoms in total. The highest BCUT2D eigenvalue weighted by molar-refractivity contribution is 5.74. The van der Waals surface area contributed by atoms with Gasteiger partial charge in [0.15, 0.2) is 0 Å². The summed E-state index contributed by atoms with van der Waals surface area (Å²) in [4.78, 5) is 16.1. The molecule has 0 spiro atoms. The monoisotopic (exact) mass is 333 g/mol. The van der Waals surface area contributed by atoms with Crippen LogP contribution < -0.4 is 10.1 Å². The third-order valence-corrected chi connectivity index (χ3v) is 4.38. The summed E-state index contributed by atoms with van der Waals surface area (Å²) in [5.41, 5.74) is 1.46. The van der Waals surface area contributed by atoms with Crippen LogP contribution in [0.5, 0.6) is 5.75 Å². The number of piperazine rings is 1. The van der Waals surface area contributed by atoms with E-state index in [0.29, 0.717) is 13.2 Å². The van der Waals surface area contributed by atoms with E-state index in [-0.39, 0.29) is 11.4 Å². The molecule has 2 rings (SSSR count). The van der Waals surface area contributed by atoms with E-state index in [1.165, 1.54) is 5.56 Å². The number of benzene rings is 1. The van der Waals surface area contributed by atoms with E-state index >= 15 is 0 Å². The molecule has 0 atom stereocenters. The number of likely N-dealkylation sites (N-methyl/N-ethyl adjacent to an activating group) is 1. The molecule has 0 aromatic heterocycles. The lowest BCUT2D eigenvalue weighted by Gasteiger charge is -2.32. The van der Waals surface area contributed by atoms with Crippen molar-refractivity contribution in [3.63, 3.8) is 0 Å². The van der Waals surface area contributed by atoms with Crippen LogP contribution in [0.2, 0.25) is 0 Å². The quantitative estimate of drug-likeness (QED) is 0.843. The number of amides is 2. The summed E-state index contributed by atoms with van der Waals surface area (Å²) in [6, 6.07) is 8.31. The molecule has 1 aromatic rings. The molecule has 1 heterocycles. The Balaban J connectivity index is 1.62. The number of rotatable bonds is 5. The molecule has 0 aliphatic carbocycles. The van der Waals surface area contributed by atoms with E-state index in [2.05, 4.69) is 50.2 Å². The molecule has 134 valence electrons. The van der Waals surface area contributed by atoms with E-state index < -0.39 is 0 Å². The van der Waals surface area contributed by atoms with Crippen LogP contribution in [0.15, 0.2) is 24.3 Å². The summed E-state index contributed by atoms with van der Waals surface area (Å²) >= 11 is 0. The van der Waals surface area contributed by atoms with Gasteiger partial charge in [-0.05, 0) is 36.6 Å². The Morgan fingerprint density at radius 2 is 1.75 bits per heavy atom. The zero-order chi connectivity index (χ0) is 17.6. The first kappa shape index (κ1) is 18.6. The maximum absolute atomic E-state index is 12.0. The van der Waals surface area contributed by atoms with Crippen LogP contribution >= 0.6 is 0 Å². The van der Waals surface area contributed by atoms with E-state index in [1.807, 2.05) is 17.0 Å². The van der Waals surface area contributed by atoms with Crippen LogP contribution in [0.3, 0.4) is 0 Å². The van der Waals surface area contributed by atoms with Crippen LogP contribution in [0, 0.1) is 0 Å². The predicted molar refractivity (Wildman–Crippen MR) is 97.7 cm³/mol. The summed E-state index contributed by atoms with van der Waals surface area (Å²) in [5, 5.41) is 2.97. The van der Waals surface area contributed by atoms with Crippen LogP contribution in [0.25, 0.3) is 0 Å². The largest absolute Gasteiger partial charge is 0.494 e. The number of carbonyl (C=O) groups is 1. The van der Waals surface area contributed by atoms with Crippen LogP contribution in [-0.4, -0.2) is 62.2 Å². The first-order valence-corrected chi connectivity index (χ1v) is 8.81. The lowest BCUT2D eigenvalue weighted by atomic mass is 9.87. The molecule has 1 aliphatic heterocycles. The fraction of sp³-hybridized carbons (Fsp3) is 0.632. The van der Waals surface area contributed by atoms with Crippen molar-refractivity contribution >= 4 is 6.03 Å². The van der Waals surface area contributed by atoms with Crippen LogP contribution in [0.1, 0.15) is 32.8 Å². The Hall–Kier alpha value is -1.75. The van der Waals surface area contributed by atoms with Crippen molar-refractivity contribution in [3.05, 3.63) is 29.8 Å². The van der Waals surface area contributed by atoms with Gasteiger partial charge in [0.25, 0.3) is 0 Å². The molecule has 0 radical (unpaired) electrons. The summed E-state index contributed by atoms with van der Waals surface area (Å²) in [5.74, 6) is 0.883. The minimum atomic E-state index is 0.0395. The molecule has 24 heavy (non-hydrogen) atoms. The van der Waals surface area contributed by atoms with Gasteiger partial charge in [0.05, 0.1) is 6.61 Å². The molecule has 1 saturated heterocycles. The van der Waals surface area contributed by atoms with Crippen molar-refractivity contribution in [2.45, 2.75) is 32.6 Å². The van der Waals surface area contributed by atoms with Gasteiger partial charge in [-0.25, -0.2) is 4.79 Å². The van der Waals surface area contributed by atoms with Gasteiger partial charge in [0, 0.05) is 32.7 Å². The van der Waals surface area contributed by atoms with E-state index in [4.69, 9.17) is 4.74 Å². The average Bonchev–Trinajstić information content (AvgIpc) is 2.54. The molecule has 0 unspecified atom stereocenters. The second-order valence-electron chi connectivity index (χ2n) is 7.50. The summed E-state index contributed by atoms with van der Waals surface area (Å²) in [6.07, 6.45) is 0.806. The fourth-order valence-electron chi connectivity index (χ4n) is 2.63. The van der Waals surface area contributed by atoms with Crippen LogP contribution in [0.4, 0.5) is 4.79 Å². The van der Waals surface area contributed by atoms with Crippen molar-refractivity contribution in [2.75, 3.05) is 46.4 Å². The number of urea groups is 1. The van der Waals surface area contributed by atoms with Crippen molar-refractivity contribution < 1.29 is 9.53 Å². The molecule has 5 heteroatoms. The Bertz CT molecular complexity index is 514. The normalized spacial score (nSPS) is 16.1. The lowest BCUT2D eigenvalue weighted by molar-refractivity contribution is 0.154. The number of carbonyl (C=O) groups excluding carboxylic acids is 1. The number of hydrogen-bond donors (Lipinski definition) is 1. The van der Waals surface area contributed by atoms with Gasteiger partial charge in [0.1, 0.15) is 5.75 Å². The van der Waals surface area contributed by atoms with Crippen LogP contribution in [-0.2, 0) is 5.41 Å². The Morgan fingerprint density at radius 1 is 1.12 bits per heavy atom. The predicted octanol–water partition coefficient (Wildman–Crippen LogP) is 2.71. The van der Waals surface area contributed by atoms with Gasteiger partial charge in [0.2, 0.25) is 0 Å². The number of ether oxygens (including phenoxy) is 1. The molecular weight excluding hydrogens is 302 g/mol. The van der Waals surface area contributed by atoms with Gasteiger partial charge >= 0.3 is 6.03 Å². The third kappa shape index (κ3) is 5.71. The maximum Gasteiger partial charge on any atom is 0.317 e. The highest BCUT2D eigenvalue weighted by Crippen LogP contribution is 2.24. The Labute approximate surface area is 146 Å². The molecule has 1 N–H and O–H groups in total. The van der Waals surface area contributed by atoms with Gasteiger partial charge in [-0.15, -0.1) is 0 Å². The second-order valence-corrected chi connectivity index (χ2v) is 7.50. The molecular formula is C19H31N3O2. The van der Waals surface area contributed by atoms with E-state index in [1.54, 1.807) is 0 Å². The smallest absolute Gasteiger partial charge is 0.317 e. The first-order valence-electron chi connectivity index (χ1n) is 8.81. The summed E-state index contributed by atoms with van der Waals surface area (Å²) < 4.78 is 5.74. The molecule has 0 saturated carbocycles. The molecule has 1 aromatic carbocycles. The summed E-state index contributed by atoms with van der Waals surface area (Å²) in [6.45, 7) is 11.4. The topological polar surface area (TPSA) is 44.8 Å². The average molecular weight is 333 g/mol. The molecule has 2 amide bonds. The molecule has 0 bridgehead atoms. The zero-order valence-electron chi connectivity index (χ0n) is 15.5. The molecule has 1 aliphatic rings. The van der Waals surface area contributed by atoms with Crippen molar-refractivity contribution in [2.24, 2.45) is 0 Å². The standard InChI is InChI=1S/C19H31N3O2/c1-19(2,3)16-6-8-17(9-7-16)24-15-5-10-20-18(23)22-13-11-21(4)12-14-22/h6-9H,5,10-15H2,1-4H3,(H,20,23). The zero-order valence-corrected chi connectivity index (χ0v) is 15.5. The highest BCUT2D eigenvalue weighted by Gasteiger charge is 2.18. The lowest BCUT2D eigenvalue weighted by Crippen LogP contribution is -2.50. The Kier molecular flexibility index (Phi) is 6.49. The van der Waals surface area contributed by atoms with E-state index in [0.717, 1.165) is 38.3 Å². The first-order chi connectivity index (χ1) is 11.4. The second kappa shape index (κ2) is 8.38. The number of nitrogens with one attached hydrogen (secondary N) is 1. The molecule has 1 fully saturated rings. The van der Waals surface area contributed by atoms with Gasteiger partial charge in [-0.2, -0.15) is 0 Å². The minimum absolute atomic E-state index is 0.0395. The van der Waals surface area contributed by atoms with Gasteiger partial charge < -0.3 is 19.9 Å². The van der Waals surface area contributed by atoms with E-state index in [9.17, 15) is 4.79 Å². The minimum Gasteiger partial charge on any atom is -0.494 e. The van der Waals surface area contributed by atoms with Gasteiger partial charge in [-0.1, -0.05) is 32.9 Å². The van der Waals surface area contributed by atoms with Crippen molar-refractivity contribution in [1.29, 1.82) is 0 Å². The summed E-state index contributed by atoms with van der Waals surface area (Å²) in [7, 11) is 2.08. The Morgan fingerprint density at radius 3 is 2.33 bits per heavy atom. The highest BCUT2D eigenvalue weighted by atomic mass is 16.5. The van der Waals surface area contributed by atoms with Gasteiger partial charge in [-0.3, -0.25) is 0 Å². The maximum atomic E-state index is 12.0. The third-order valence-electron chi connectivity index (χ3n) is 4.38. The fourth-order valence-corrected chi connectivity index (χ4v) is 2.63.